The minimum absolute atomic E-state index is 0.851. The van der Waals surface area contributed by atoms with E-state index in [2.05, 4.69) is 152 Å². The largest absolute Gasteiger partial charge is 0.136 e. The molecule has 9 rings (SSSR count). The molecule has 2 radical (unpaired) electrons. The second-order valence-electron chi connectivity index (χ2n) is 11.4. The van der Waals surface area contributed by atoms with Crippen LogP contribution >= 0.6 is 11.3 Å². The van der Waals surface area contributed by atoms with Crippen molar-refractivity contribution in [1.82, 2.24) is 0 Å². The Hall–Kier alpha value is -5.18. The Kier molecular flexibility index (Phi) is 5.72. The van der Waals surface area contributed by atoms with E-state index in [1.54, 1.807) is 11.3 Å². The molecular weight excluding hydrogens is 547 g/mol. The molecule has 9 aromatic rings. The lowest BCUT2D eigenvalue weighted by Gasteiger charge is -2.20. The summed E-state index contributed by atoms with van der Waals surface area (Å²) in [5.74, 6) is 0. The lowest BCUT2D eigenvalue weighted by atomic mass is 9.80. The molecule has 0 bridgehead atoms. The monoisotopic (exact) mass is 572 g/mol. The fourth-order valence-corrected chi connectivity index (χ4v) is 8.34. The molecular formula is C42H25BS. The van der Waals surface area contributed by atoms with E-state index in [4.69, 9.17) is 7.85 Å². The minimum Gasteiger partial charge on any atom is -0.136 e. The maximum absolute atomic E-state index is 7.20. The number of rotatable bonds is 3. The van der Waals surface area contributed by atoms with E-state index in [0.29, 0.717) is 0 Å². The Morgan fingerprint density at radius 3 is 1.48 bits per heavy atom. The Morgan fingerprint density at radius 2 is 0.841 bits per heavy atom. The van der Waals surface area contributed by atoms with Crippen molar-refractivity contribution in [2.24, 2.45) is 0 Å². The van der Waals surface area contributed by atoms with Gasteiger partial charge in [-0.05, 0) is 77.8 Å². The average Bonchev–Trinajstić information content (AvgIpc) is 3.48. The summed E-state index contributed by atoms with van der Waals surface area (Å²) in [5, 5.41) is 9.93. The summed E-state index contributed by atoms with van der Waals surface area (Å²) in [6.07, 6.45) is 0. The highest BCUT2D eigenvalue weighted by atomic mass is 32.1. The highest BCUT2D eigenvalue weighted by Gasteiger charge is 2.20. The highest BCUT2D eigenvalue weighted by Crippen LogP contribution is 2.46. The van der Waals surface area contributed by atoms with E-state index in [1.165, 1.54) is 70.0 Å². The summed E-state index contributed by atoms with van der Waals surface area (Å²) in [5.41, 5.74) is 8.04. The number of fused-ring (bicyclic) bond motifs is 7. The number of hydrogen-bond acceptors (Lipinski definition) is 1. The summed E-state index contributed by atoms with van der Waals surface area (Å²) in [7, 11) is 7.20. The van der Waals surface area contributed by atoms with Gasteiger partial charge in [0.15, 0.2) is 0 Å². The topological polar surface area (TPSA) is 0 Å². The van der Waals surface area contributed by atoms with Gasteiger partial charge in [-0.3, -0.25) is 0 Å². The molecule has 0 amide bonds. The second kappa shape index (κ2) is 9.94. The maximum Gasteiger partial charge on any atom is 0.116 e. The van der Waals surface area contributed by atoms with E-state index < -0.39 is 0 Å². The van der Waals surface area contributed by atoms with Crippen molar-refractivity contribution in [2.45, 2.75) is 0 Å². The standard InChI is InChI=1S/C42H25BS/c43-41-39(31-19-9-10-20-32(31)40-34-21-11-12-22-36(34)44-42(40)41)28-23-24-33-35(25-28)38(27-15-5-2-6-16-27)30-18-8-7-17-29(30)37(33)26-13-3-1-4-14-26/h1-25H. The Morgan fingerprint density at radius 1 is 0.364 bits per heavy atom. The van der Waals surface area contributed by atoms with Crippen LogP contribution in [0.2, 0.25) is 0 Å². The van der Waals surface area contributed by atoms with Crippen LogP contribution < -0.4 is 5.46 Å². The van der Waals surface area contributed by atoms with Gasteiger partial charge in [-0.2, -0.15) is 0 Å². The van der Waals surface area contributed by atoms with Crippen molar-refractivity contribution < 1.29 is 0 Å². The van der Waals surface area contributed by atoms with Crippen LogP contribution in [0.1, 0.15) is 0 Å². The molecule has 1 aromatic heterocycles. The summed E-state index contributed by atoms with van der Waals surface area (Å²) in [4.78, 5) is 0. The first-order valence-corrected chi connectivity index (χ1v) is 15.8. The Balaban J connectivity index is 1.45. The fraction of sp³-hybridized carbons (Fsp3) is 0. The van der Waals surface area contributed by atoms with Crippen molar-refractivity contribution in [1.29, 1.82) is 0 Å². The number of benzene rings is 8. The fourth-order valence-electron chi connectivity index (χ4n) is 7.16. The van der Waals surface area contributed by atoms with Crippen molar-refractivity contribution >= 4 is 77.1 Å². The normalized spacial score (nSPS) is 11.7. The molecule has 1 heterocycles. The van der Waals surface area contributed by atoms with Gasteiger partial charge in [0.2, 0.25) is 0 Å². The molecule has 0 saturated carbocycles. The molecule has 8 aromatic carbocycles. The van der Waals surface area contributed by atoms with Gasteiger partial charge in [-0.1, -0.05) is 145 Å². The molecule has 0 fully saturated rings. The lowest BCUT2D eigenvalue weighted by Crippen LogP contribution is -2.08. The number of hydrogen-bond donors (Lipinski definition) is 0. The van der Waals surface area contributed by atoms with Crippen molar-refractivity contribution in [3.63, 3.8) is 0 Å². The van der Waals surface area contributed by atoms with Gasteiger partial charge < -0.3 is 0 Å². The molecule has 0 atom stereocenters. The molecule has 0 nitrogen and oxygen atoms in total. The molecule has 202 valence electrons. The molecule has 0 aliphatic carbocycles. The van der Waals surface area contributed by atoms with Crippen molar-refractivity contribution in [2.75, 3.05) is 0 Å². The SMILES string of the molecule is [B]c1c(-c2ccc3c(-c4ccccc4)c4ccccc4c(-c4ccccc4)c3c2)c2ccccc2c2c1sc1ccccc12. The van der Waals surface area contributed by atoms with Crippen LogP contribution in [-0.4, -0.2) is 7.85 Å². The van der Waals surface area contributed by atoms with Crippen LogP contribution in [0.5, 0.6) is 0 Å². The predicted octanol–water partition coefficient (Wildman–Crippen LogP) is 11.3. The van der Waals surface area contributed by atoms with Crippen LogP contribution in [0, 0.1) is 0 Å². The summed E-state index contributed by atoms with van der Waals surface area (Å²) in [6, 6.07) is 54.8. The first kappa shape index (κ1) is 25.3. The van der Waals surface area contributed by atoms with E-state index >= 15 is 0 Å². The average molecular weight is 573 g/mol. The smallest absolute Gasteiger partial charge is 0.116 e. The third-order valence-corrected chi connectivity index (χ3v) is 10.2. The van der Waals surface area contributed by atoms with Gasteiger partial charge >= 0.3 is 0 Å². The van der Waals surface area contributed by atoms with Crippen LogP contribution in [-0.2, 0) is 0 Å². The number of thiophene rings is 1. The summed E-state index contributed by atoms with van der Waals surface area (Å²) >= 11 is 1.79. The molecule has 0 spiro atoms. The van der Waals surface area contributed by atoms with E-state index in [0.717, 1.165) is 21.3 Å². The predicted molar refractivity (Wildman–Crippen MR) is 194 cm³/mol. The first-order valence-electron chi connectivity index (χ1n) is 15.0. The zero-order valence-corrected chi connectivity index (χ0v) is 24.7. The third-order valence-electron chi connectivity index (χ3n) is 9.01. The van der Waals surface area contributed by atoms with Crippen molar-refractivity contribution in [3.05, 3.63) is 152 Å². The lowest BCUT2D eigenvalue weighted by molar-refractivity contribution is 1.65. The Labute approximate surface area is 261 Å². The van der Waals surface area contributed by atoms with Crippen molar-refractivity contribution in [3.8, 4) is 33.4 Å². The zero-order chi connectivity index (χ0) is 29.2. The van der Waals surface area contributed by atoms with Crippen LogP contribution in [0.3, 0.4) is 0 Å². The van der Waals surface area contributed by atoms with Crippen LogP contribution in [0.15, 0.2) is 152 Å². The second-order valence-corrected chi connectivity index (χ2v) is 12.5. The molecule has 2 heteroatoms. The zero-order valence-electron chi connectivity index (χ0n) is 23.9. The first-order chi connectivity index (χ1) is 21.8. The van der Waals surface area contributed by atoms with E-state index in [-0.39, 0.29) is 0 Å². The third kappa shape index (κ3) is 3.71. The van der Waals surface area contributed by atoms with Gasteiger partial charge in [-0.25, -0.2) is 0 Å². The van der Waals surface area contributed by atoms with Gasteiger partial charge in [-0.15, -0.1) is 11.3 Å². The molecule has 44 heavy (non-hydrogen) atoms. The molecule has 0 N–H and O–H groups in total. The molecule has 0 unspecified atom stereocenters. The van der Waals surface area contributed by atoms with Gasteiger partial charge in [0.1, 0.15) is 7.85 Å². The van der Waals surface area contributed by atoms with Gasteiger partial charge in [0, 0.05) is 20.2 Å². The van der Waals surface area contributed by atoms with Gasteiger partial charge in [0.25, 0.3) is 0 Å². The quantitative estimate of drug-likeness (QED) is 0.146. The minimum atomic E-state index is 0.851. The van der Waals surface area contributed by atoms with E-state index in [1.807, 2.05) is 0 Å². The van der Waals surface area contributed by atoms with E-state index in [9.17, 15) is 0 Å². The van der Waals surface area contributed by atoms with Crippen LogP contribution in [0.25, 0.3) is 85.9 Å². The molecule has 0 aliphatic heterocycles. The molecule has 0 saturated heterocycles. The Bertz CT molecular complexity index is 2540. The highest BCUT2D eigenvalue weighted by molar-refractivity contribution is 7.27. The summed E-state index contributed by atoms with van der Waals surface area (Å²) in [6.45, 7) is 0. The molecule has 0 aliphatic rings. The van der Waals surface area contributed by atoms with Gasteiger partial charge in [0.05, 0.1) is 0 Å². The maximum atomic E-state index is 7.20. The van der Waals surface area contributed by atoms with Crippen LogP contribution in [0.4, 0.5) is 0 Å². The summed E-state index contributed by atoms with van der Waals surface area (Å²) < 4.78 is 2.42.